The summed E-state index contributed by atoms with van der Waals surface area (Å²) in [6.45, 7) is 1.68. The fraction of sp³-hybridized carbons (Fsp3) is 0.176. The van der Waals surface area contributed by atoms with Crippen LogP contribution in [0.2, 0.25) is 0 Å². The van der Waals surface area contributed by atoms with Crippen molar-refractivity contribution in [3.63, 3.8) is 0 Å². The van der Waals surface area contributed by atoms with Gasteiger partial charge in [0.1, 0.15) is 17.8 Å². The molecule has 0 saturated heterocycles. The number of benzene rings is 1. The second kappa shape index (κ2) is 5.49. The Labute approximate surface area is 142 Å². The average Bonchev–Trinajstić information content (AvgIpc) is 2.98. The molecule has 0 bridgehead atoms. The second-order valence-electron chi connectivity index (χ2n) is 5.76. The summed E-state index contributed by atoms with van der Waals surface area (Å²) in [7, 11) is 0. The molecule has 0 radical (unpaired) electrons. The molecule has 3 aromatic rings. The Bertz CT molecular complexity index is 1060. The van der Waals surface area contributed by atoms with E-state index in [0.29, 0.717) is 28.4 Å². The monoisotopic (exact) mass is 332 g/mol. The van der Waals surface area contributed by atoms with Crippen LogP contribution in [0.25, 0.3) is 11.2 Å². The Kier molecular flexibility index (Phi) is 3.28. The highest BCUT2D eigenvalue weighted by atomic mass is 16.4. The Morgan fingerprint density at radius 2 is 2.08 bits per heavy atom. The molecule has 3 heterocycles. The fourth-order valence-corrected chi connectivity index (χ4v) is 3.20. The van der Waals surface area contributed by atoms with Gasteiger partial charge in [-0.15, -0.1) is 0 Å². The zero-order valence-electron chi connectivity index (χ0n) is 13.2. The summed E-state index contributed by atoms with van der Waals surface area (Å²) < 4.78 is 1.75. The van der Waals surface area contributed by atoms with Gasteiger partial charge in [-0.25, -0.2) is 15.0 Å². The van der Waals surface area contributed by atoms with E-state index in [2.05, 4.69) is 26.0 Å². The zero-order chi connectivity index (χ0) is 17.6. The van der Waals surface area contributed by atoms with Gasteiger partial charge in [0.05, 0.1) is 23.9 Å². The number of aliphatic carboxylic acids is 1. The number of fused-ring (bicyclic) bond motifs is 3. The van der Waals surface area contributed by atoms with E-state index in [9.17, 15) is 9.90 Å². The normalized spacial score (nSPS) is 19.1. The summed E-state index contributed by atoms with van der Waals surface area (Å²) in [6, 6.07) is 8.38. The molecule has 0 saturated carbocycles. The van der Waals surface area contributed by atoms with Crippen molar-refractivity contribution in [2.45, 2.75) is 13.0 Å². The summed E-state index contributed by atoms with van der Waals surface area (Å²) in [6.07, 6.45) is 2.99. The zero-order valence-corrected chi connectivity index (χ0v) is 13.2. The summed E-state index contributed by atoms with van der Waals surface area (Å²) in [5.74, 6) is -1.42. The summed E-state index contributed by atoms with van der Waals surface area (Å²) in [5.41, 5.74) is 2.82. The number of hydrogen-bond donors (Lipinski definition) is 1. The summed E-state index contributed by atoms with van der Waals surface area (Å²) >= 11 is 0. The van der Waals surface area contributed by atoms with Crippen LogP contribution in [-0.4, -0.2) is 36.3 Å². The quantitative estimate of drug-likeness (QED) is 0.768. The number of hydrogen-bond acceptors (Lipinski definition) is 6. The van der Waals surface area contributed by atoms with Crippen LogP contribution in [-0.2, 0) is 4.79 Å². The first-order chi connectivity index (χ1) is 12.1. The maximum atomic E-state index is 11.9. The van der Waals surface area contributed by atoms with Crippen molar-refractivity contribution in [3.8, 4) is 6.07 Å². The van der Waals surface area contributed by atoms with E-state index in [-0.39, 0.29) is 0 Å². The standard InChI is InChI=1S/C17H12N6O2/c1-9-13(16(24)25)14(11-4-2-10(6-18)3-5-11)23-12-7-19-8-20-15(12)22-17(23)21-9/h2-5,7-8,13-14H,1H3,(H,24,25). The van der Waals surface area contributed by atoms with Crippen LogP contribution in [0.3, 0.4) is 0 Å². The summed E-state index contributed by atoms with van der Waals surface area (Å²) in [5, 5.41) is 18.8. The first-order valence-corrected chi connectivity index (χ1v) is 7.56. The molecule has 0 aliphatic carbocycles. The van der Waals surface area contributed by atoms with Crippen molar-refractivity contribution in [1.29, 1.82) is 5.26 Å². The number of carboxylic acids is 1. The van der Waals surface area contributed by atoms with Crippen LogP contribution in [0.15, 0.2) is 41.8 Å². The van der Waals surface area contributed by atoms with Gasteiger partial charge < -0.3 is 5.11 Å². The first-order valence-electron chi connectivity index (χ1n) is 7.56. The average molecular weight is 332 g/mol. The van der Waals surface area contributed by atoms with Crippen molar-refractivity contribution < 1.29 is 9.90 Å². The lowest BCUT2D eigenvalue weighted by Crippen LogP contribution is -2.35. The van der Waals surface area contributed by atoms with Gasteiger partial charge >= 0.3 is 5.97 Å². The van der Waals surface area contributed by atoms with Crippen molar-refractivity contribution in [1.82, 2.24) is 19.5 Å². The van der Waals surface area contributed by atoms with E-state index in [1.54, 1.807) is 42.0 Å². The molecule has 1 aliphatic rings. The molecule has 2 atom stereocenters. The second-order valence-corrected chi connectivity index (χ2v) is 5.76. The molecule has 122 valence electrons. The predicted octanol–water partition coefficient (Wildman–Crippen LogP) is 2.09. The van der Waals surface area contributed by atoms with Gasteiger partial charge in [0.25, 0.3) is 0 Å². The van der Waals surface area contributed by atoms with Crippen molar-refractivity contribution in [3.05, 3.63) is 47.9 Å². The van der Waals surface area contributed by atoms with Crippen LogP contribution in [0.1, 0.15) is 24.1 Å². The molecular formula is C17H12N6O2. The Balaban J connectivity index is 2.00. The third kappa shape index (κ3) is 2.25. The third-order valence-electron chi connectivity index (χ3n) is 4.32. The number of rotatable bonds is 2. The lowest BCUT2D eigenvalue weighted by atomic mass is 9.87. The van der Waals surface area contributed by atoms with Gasteiger partial charge in [-0.05, 0) is 24.6 Å². The van der Waals surface area contributed by atoms with E-state index in [1.165, 1.54) is 6.33 Å². The van der Waals surface area contributed by atoms with E-state index in [0.717, 1.165) is 5.56 Å². The van der Waals surface area contributed by atoms with Crippen molar-refractivity contribution in [2.75, 3.05) is 0 Å². The number of nitrogens with zero attached hydrogens (tertiary/aromatic N) is 6. The molecule has 1 aliphatic heterocycles. The highest BCUT2D eigenvalue weighted by Gasteiger charge is 2.39. The Morgan fingerprint density at radius 1 is 1.32 bits per heavy atom. The minimum absolute atomic E-state index is 0.403. The smallest absolute Gasteiger partial charge is 0.314 e. The van der Waals surface area contributed by atoms with Gasteiger partial charge in [-0.2, -0.15) is 10.2 Å². The Hall–Kier alpha value is -3.60. The van der Waals surface area contributed by atoms with Crippen LogP contribution in [0.5, 0.6) is 0 Å². The largest absolute Gasteiger partial charge is 0.481 e. The molecule has 25 heavy (non-hydrogen) atoms. The van der Waals surface area contributed by atoms with E-state index in [1.807, 2.05) is 0 Å². The molecule has 2 unspecified atom stereocenters. The molecule has 0 spiro atoms. The topological polar surface area (TPSA) is 117 Å². The van der Waals surface area contributed by atoms with Gasteiger partial charge in [-0.3, -0.25) is 9.36 Å². The molecule has 0 fully saturated rings. The molecule has 4 rings (SSSR count). The lowest BCUT2D eigenvalue weighted by molar-refractivity contribution is -0.140. The molecule has 8 heteroatoms. The minimum atomic E-state index is -0.972. The fourth-order valence-electron chi connectivity index (χ4n) is 3.20. The predicted molar refractivity (Wildman–Crippen MR) is 88.5 cm³/mol. The molecule has 2 aromatic heterocycles. The van der Waals surface area contributed by atoms with Crippen molar-refractivity contribution in [2.24, 2.45) is 10.9 Å². The molecule has 8 nitrogen and oxygen atoms in total. The number of aliphatic imine (C=N–C) groups is 1. The van der Waals surface area contributed by atoms with E-state index >= 15 is 0 Å². The SMILES string of the molecule is CC1=Nc2nc3ncncc3n2C(c2ccc(C#N)cc2)C1C(=O)O. The van der Waals surface area contributed by atoms with Crippen LogP contribution in [0, 0.1) is 17.2 Å². The molecule has 0 amide bonds. The van der Waals surface area contributed by atoms with Gasteiger partial charge in [0.15, 0.2) is 5.65 Å². The van der Waals surface area contributed by atoms with Gasteiger partial charge in [0.2, 0.25) is 5.95 Å². The molecule has 1 aromatic carbocycles. The van der Waals surface area contributed by atoms with E-state index < -0.39 is 17.9 Å². The first kappa shape index (κ1) is 15.0. The van der Waals surface area contributed by atoms with Gasteiger partial charge in [0, 0.05) is 5.71 Å². The van der Waals surface area contributed by atoms with Crippen LogP contribution < -0.4 is 0 Å². The number of carboxylic acid groups (broad SMARTS) is 1. The van der Waals surface area contributed by atoms with Gasteiger partial charge in [-0.1, -0.05) is 12.1 Å². The molecular weight excluding hydrogens is 320 g/mol. The maximum absolute atomic E-state index is 11.9. The minimum Gasteiger partial charge on any atom is -0.481 e. The van der Waals surface area contributed by atoms with Crippen molar-refractivity contribution >= 4 is 28.8 Å². The number of aromatic nitrogens is 4. The molecule has 1 N–H and O–H groups in total. The van der Waals surface area contributed by atoms with Crippen LogP contribution >= 0.6 is 0 Å². The highest BCUT2D eigenvalue weighted by molar-refractivity contribution is 6.03. The lowest BCUT2D eigenvalue weighted by Gasteiger charge is -2.30. The van der Waals surface area contributed by atoms with Crippen LogP contribution in [0.4, 0.5) is 5.95 Å². The highest BCUT2D eigenvalue weighted by Crippen LogP contribution is 2.39. The number of nitriles is 1. The Morgan fingerprint density at radius 3 is 2.76 bits per heavy atom. The van der Waals surface area contributed by atoms with E-state index in [4.69, 9.17) is 5.26 Å². The number of carbonyl (C=O) groups is 1. The summed E-state index contributed by atoms with van der Waals surface area (Å²) in [4.78, 5) is 28.9. The maximum Gasteiger partial charge on any atom is 0.314 e. The third-order valence-corrected chi connectivity index (χ3v) is 4.32. The number of imidazole rings is 1.